The fourth-order valence-electron chi connectivity index (χ4n) is 8.79. The number of carbonyl (C=O) groups excluding carboxylic acids is 3. The highest BCUT2D eigenvalue weighted by Crippen LogP contribution is 2.45. The molecule has 0 aromatic heterocycles. The van der Waals surface area contributed by atoms with E-state index >= 15 is 0 Å². The van der Waals surface area contributed by atoms with E-state index in [1.165, 1.54) is 32.1 Å². The first-order valence-corrected chi connectivity index (χ1v) is 38.8. The van der Waals surface area contributed by atoms with E-state index in [2.05, 4.69) is 179 Å². The number of allylic oxidation sites excluding steroid dienone is 26. The van der Waals surface area contributed by atoms with Crippen LogP contribution in [0.15, 0.2) is 158 Å². The zero-order chi connectivity index (χ0) is 69.5. The summed E-state index contributed by atoms with van der Waals surface area (Å²) >= 11 is 0. The van der Waals surface area contributed by atoms with Gasteiger partial charge in [-0.05, 0) is 141 Å². The third kappa shape index (κ3) is 70.3. The molecule has 18 heteroatoms. The molecule has 0 aromatic carbocycles. The summed E-state index contributed by atoms with van der Waals surface area (Å²) in [7, 11) is -9.80. The highest BCUT2D eigenvalue weighted by molar-refractivity contribution is 7.47. The first-order chi connectivity index (χ1) is 46.2. The van der Waals surface area contributed by atoms with Crippen molar-refractivity contribution in [3.63, 3.8) is 0 Å². The van der Waals surface area contributed by atoms with Crippen molar-refractivity contribution in [3.8, 4) is 0 Å². The van der Waals surface area contributed by atoms with Crippen molar-refractivity contribution in [1.29, 1.82) is 0 Å². The lowest BCUT2D eigenvalue weighted by atomic mass is 10.1. The second kappa shape index (κ2) is 69.1. The van der Waals surface area contributed by atoms with Gasteiger partial charge in [-0.15, -0.1) is 0 Å². The van der Waals surface area contributed by atoms with Gasteiger partial charge in [0.05, 0.1) is 26.4 Å². The van der Waals surface area contributed by atoms with Crippen LogP contribution in [0.3, 0.4) is 0 Å². The highest BCUT2D eigenvalue weighted by Gasteiger charge is 2.29. The fraction of sp³-hybridized carbons (Fsp3) is 0.623. The number of aliphatic hydroxyl groups excluding tert-OH is 2. The molecule has 0 saturated heterocycles. The van der Waals surface area contributed by atoms with E-state index in [4.69, 9.17) is 32.3 Å². The smallest absolute Gasteiger partial charge is 0.463 e. The van der Waals surface area contributed by atoms with Crippen LogP contribution in [0.4, 0.5) is 0 Å². The average molecular weight is 1370 g/mol. The van der Waals surface area contributed by atoms with Gasteiger partial charge < -0.3 is 34.2 Å². The maximum Gasteiger partial charge on any atom is 0.472 e. The normalized spacial score (nSPS) is 15.1. The number of ether oxygens (including phenoxy) is 3. The van der Waals surface area contributed by atoms with E-state index in [1.807, 2.05) is 0 Å². The Bertz CT molecular complexity index is 2360. The van der Waals surface area contributed by atoms with Crippen molar-refractivity contribution >= 4 is 33.6 Å². The fourth-order valence-corrected chi connectivity index (χ4v) is 10.4. The van der Waals surface area contributed by atoms with Crippen LogP contribution >= 0.6 is 15.6 Å². The highest BCUT2D eigenvalue weighted by atomic mass is 31.2. The number of rotatable bonds is 66. The average Bonchev–Trinajstić information content (AvgIpc) is 3.10. The molecule has 16 nitrogen and oxygen atoms in total. The number of hydrogen-bond donors (Lipinski definition) is 4. The predicted molar refractivity (Wildman–Crippen MR) is 389 cm³/mol. The van der Waals surface area contributed by atoms with Crippen molar-refractivity contribution in [2.75, 3.05) is 39.6 Å². The van der Waals surface area contributed by atoms with Crippen molar-refractivity contribution in [2.24, 2.45) is 0 Å². The molecule has 5 unspecified atom stereocenters. The number of phosphoric ester groups is 2. The molecule has 0 aliphatic rings. The molecule has 0 spiro atoms. The molecule has 95 heavy (non-hydrogen) atoms. The first-order valence-electron chi connectivity index (χ1n) is 35.8. The minimum atomic E-state index is -4.94. The summed E-state index contributed by atoms with van der Waals surface area (Å²) in [6.45, 7) is 2.30. The van der Waals surface area contributed by atoms with E-state index in [1.54, 1.807) is 0 Å². The van der Waals surface area contributed by atoms with Gasteiger partial charge in [0.15, 0.2) is 6.10 Å². The minimum absolute atomic E-state index is 0.0790. The van der Waals surface area contributed by atoms with Gasteiger partial charge in [0.2, 0.25) is 0 Å². The zero-order valence-electron chi connectivity index (χ0n) is 58.5. The van der Waals surface area contributed by atoms with Crippen LogP contribution in [0, 0.1) is 0 Å². The summed E-state index contributed by atoms with van der Waals surface area (Å²) < 4.78 is 60.8. The Morgan fingerprint density at radius 2 is 0.558 bits per heavy atom. The van der Waals surface area contributed by atoms with Gasteiger partial charge in [-0.1, -0.05) is 249 Å². The van der Waals surface area contributed by atoms with E-state index in [0.29, 0.717) is 19.3 Å². The number of hydrogen-bond acceptors (Lipinski definition) is 14. The monoisotopic (exact) mass is 1370 g/mol. The van der Waals surface area contributed by atoms with E-state index in [9.17, 15) is 43.5 Å². The molecule has 0 amide bonds. The van der Waals surface area contributed by atoms with E-state index in [-0.39, 0.29) is 19.3 Å². The maximum absolute atomic E-state index is 12.9. The minimum Gasteiger partial charge on any atom is -0.463 e. The molecule has 0 heterocycles. The summed E-state index contributed by atoms with van der Waals surface area (Å²) in [6, 6.07) is 0. The number of unbranched alkanes of at least 4 members (excludes halogenated alkanes) is 17. The van der Waals surface area contributed by atoms with E-state index < -0.39 is 91.5 Å². The molecule has 0 fully saturated rings. The third-order valence-corrected chi connectivity index (χ3v) is 16.1. The molecule has 0 rings (SSSR count). The molecule has 0 saturated carbocycles. The topological polar surface area (TPSA) is 231 Å². The summed E-state index contributed by atoms with van der Waals surface area (Å²) in [6.07, 6.45) is 84.5. The van der Waals surface area contributed by atoms with Crippen LogP contribution in [-0.4, -0.2) is 95.9 Å². The van der Waals surface area contributed by atoms with Gasteiger partial charge in [-0.2, -0.15) is 0 Å². The SMILES string of the molecule is CC/C=C\C/C=C\C/C=C\C/C=C\C/C=C\C/C=C\CCCCCCCCCCC(=O)OCC(O)COP(=O)(O)OCC(O)COP(=O)(O)OCC(COC(=O)CCCC/C=C\C/C=C\C/C=C\C/C=C\C/C=C\C/C=C\CC)OC(=O)CCCCCCC/C=C\CCCC. The van der Waals surface area contributed by atoms with Gasteiger partial charge >= 0.3 is 33.6 Å². The Kier molecular flexibility index (Phi) is 65.6. The Labute approximate surface area is 574 Å². The third-order valence-electron chi connectivity index (χ3n) is 14.2. The van der Waals surface area contributed by atoms with Crippen molar-refractivity contribution in [2.45, 2.75) is 270 Å². The standard InChI is InChI=1S/C77H126O16P2/c1-4-7-10-13-16-19-22-24-26-28-30-32-33-34-35-36-37-39-41-42-44-46-49-51-54-57-60-63-75(80)87-66-72(78)67-89-94(83,84)90-68-73(79)69-91-95(85,86)92-71-74(93-77(82)65-62-59-56-53-48-21-18-15-12-9-6-3)70-88-76(81)64-61-58-55-52-50-47-45-43-40-38-31-29-27-25-23-20-17-14-11-8-5-2/h7-8,10-11,15-20,24-27,30-32,34-35,37-39,43,45,50,52,72-74,78-79H,4-6,9,12-14,21-23,28-29,33,36,40-42,44,46-49,51,53-71H2,1-3H3,(H,83,84)(H,85,86)/b10-7-,11-8-,18-15-,19-16-,20-17-,26-24-,27-25-,32-30-,35-34-,38-31-,39-37-,45-43-,52-50-. The number of aliphatic hydroxyl groups is 2. The molecule has 4 N–H and O–H groups in total. The van der Waals surface area contributed by atoms with E-state index in [0.717, 1.165) is 161 Å². The molecule has 0 radical (unpaired) electrons. The van der Waals surface area contributed by atoms with Crippen LogP contribution in [0.5, 0.6) is 0 Å². The number of esters is 3. The van der Waals surface area contributed by atoms with Crippen LogP contribution in [0.2, 0.25) is 0 Å². The summed E-state index contributed by atoms with van der Waals surface area (Å²) in [4.78, 5) is 58.4. The zero-order valence-corrected chi connectivity index (χ0v) is 60.3. The lowest BCUT2D eigenvalue weighted by molar-refractivity contribution is -0.161. The summed E-state index contributed by atoms with van der Waals surface area (Å²) in [5, 5.41) is 20.6. The molecular weight excluding hydrogens is 1240 g/mol. The molecule has 0 bridgehead atoms. The second-order valence-electron chi connectivity index (χ2n) is 23.3. The predicted octanol–water partition coefficient (Wildman–Crippen LogP) is 20.3. The molecular formula is C77H126O16P2. The Morgan fingerprint density at radius 3 is 0.916 bits per heavy atom. The van der Waals surface area contributed by atoms with Crippen LogP contribution in [-0.2, 0) is 55.8 Å². The Hall–Kier alpha value is -4.83. The van der Waals surface area contributed by atoms with Gasteiger partial charge in [0, 0.05) is 19.3 Å². The summed E-state index contributed by atoms with van der Waals surface area (Å²) in [5.74, 6) is -1.66. The van der Waals surface area contributed by atoms with Gasteiger partial charge in [-0.3, -0.25) is 32.5 Å². The van der Waals surface area contributed by atoms with Gasteiger partial charge in [-0.25, -0.2) is 9.13 Å². The Balaban J connectivity index is 4.57. The largest absolute Gasteiger partial charge is 0.472 e. The number of carbonyl (C=O) groups is 3. The second-order valence-corrected chi connectivity index (χ2v) is 26.2. The Morgan fingerprint density at radius 1 is 0.305 bits per heavy atom. The van der Waals surface area contributed by atoms with Crippen LogP contribution < -0.4 is 0 Å². The molecule has 0 aliphatic heterocycles. The van der Waals surface area contributed by atoms with Crippen LogP contribution in [0.1, 0.15) is 252 Å². The summed E-state index contributed by atoms with van der Waals surface area (Å²) in [5.41, 5.74) is 0. The van der Waals surface area contributed by atoms with Crippen molar-refractivity contribution < 1.29 is 75.8 Å². The molecule has 0 aromatic rings. The molecule has 5 atom stereocenters. The van der Waals surface area contributed by atoms with Crippen molar-refractivity contribution in [1.82, 2.24) is 0 Å². The first kappa shape index (κ1) is 90.2. The lowest BCUT2D eigenvalue weighted by Gasteiger charge is -2.21. The maximum atomic E-state index is 12.9. The molecule has 540 valence electrons. The van der Waals surface area contributed by atoms with Gasteiger partial charge in [0.25, 0.3) is 0 Å². The number of phosphoric acid groups is 2. The lowest BCUT2D eigenvalue weighted by Crippen LogP contribution is -2.30. The quantitative estimate of drug-likeness (QED) is 0.0146. The van der Waals surface area contributed by atoms with Crippen LogP contribution in [0.25, 0.3) is 0 Å². The van der Waals surface area contributed by atoms with Gasteiger partial charge in [0.1, 0.15) is 25.4 Å². The van der Waals surface area contributed by atoms with Crippen molar-refractivity contribution in [3.05, 3.63) is 158 Å². The molecule has 0 aliphatic carbocycles.